The van der Waals surface area contributed by atoms with Crippen LogP contribution in [0.15, 0.2) is 60.3 Å². The zero-order valence-corrected chi connectivity index (χ0v) is 21.1. The molecule has 4 aromatic rings. The normalized spacial score (nSPS) is 16.9. The molecule has 0 aliphatic carbocycles. The number of carbonyl (C=O) groups excluding carboxylic acids is 2. The van der Waals surface area contributed by atoms with Gasteiger partial charge in [0.2, 0.25) is 0 Å². The van der Waals surface area contributed by atoms with E-state index in [0.717, 1.165) is 16.2 Å². The first-order valence-electron chi connectivity index (χ1n) is 10.6. The van der Waals surface area contributed by atoms with Gasteiger partial charge in [-0.05, 0) is 42.5 Å². The lowest BCUT2D eigenvalue weighted by Crippen LogP contribution is -2.29. The fraction of sp³-hybridized carbons (Fsp3) is 0.0800. The number of rotatable bonds is 5. The van der Waals surface area contributed by atoms with Gasteiger partial charge in [-0.3, -0.25) is 19.5 Å². The van der Waals surface area contributed by atoms with E-state index in [4.69, 9.17) is 27.9 Å². The number of nitrogens with zero attached hydrogens (tertiary/aromatic N) is 3. The fourth-order valence-corrected chi connectivity index (χ4v) is 5.72. The predicted molar refractivity (Wildman–Crippen MR) is 139 cm³/mol. The van der Waals surface area contributed by atoms with Gasteiger partial charge in [-0.15, -0.1) is 0 Å². The average molecular weight is 556 g/mol. The number of carboxylic acids is 1. The Bertz CT molecular complexity index is 1610. The summed E-state index contributed by atoms with van der Waals surface area (Å²) < 4.78 is 5.65. The van der Waals surface area contributed by atoms with Gasteiger partial charge in [0.25, 0.3) is 5.78 Å². The van der Waals surface area contributed by atoms with E-state index < -0.39 is 29.5 Å². The highest BCUT2D eigenvalue weighted by Crippen LogP contribution is 2.45. The van der Waals surface area contributed by atoms with Gasteiger partial charge in [0.1, 0.15) is 11.8 Å². The smallest absolute Gasteiger partial charge is 0.335 e. The molecule has 12 heteroatoms. The molecule has 1 aliphatic rings. The van der Waals surface area contributed by atoms with Gasteiger partial charge in [0.15, 0.2) is 10.9 Å². The van der Waals surface area contributed by atoms with Crippen LogP contribution in [0.4, 0.5) is 5.13 Å². The number of amides is 1. The third kappa shape index (κ3) is 4.18. The van der Waals surface area contributed by atoms with E-state index in [1.807, 2.05) is 0 Å². The molecule has 1 saturated heterocycles. The SMILES string of the molecule is COc1c(Cl)cc(/C(O)=C2\C(=O)C(=O)N(c3nc4ccc(C(=O)O)cc4s3)C2c2ccccn2)cc1Cl. The number of carboxylic acid groups (broad SMARTS) is 1. The van der Waals surface area contributed by atoms with Crippen molar-refractivity contribution in [2.75, 3.05) is 12.0 Å². The zero-order chi connectivity index (χ0) is 26.4. The highest BCUT2D eigenvalue weighted by atomic mass is 35.5. The Labute approximate surface area is 223 Å². The molecule has 0 saturated carbocycles. The Morgan fingerprint density at radius 2 is 1.78 bits per heavy atom. The van der Waals surface area contributed by atoms with E-state index in [9.17, 15) is 24.6 Å². The molecule has 37 heavy (non-hydrogen) atoms. The molecule has 1 atom stereocenters. The Balaban J connectivity index is 1.71. The number of Topliss-reactive ketones (excluding diaryl/α,β-unsaturated/α-hetero) is 1. The Morgan fingerprint density at radius 1 is 1.05 bits per heavy atom. The lowest BCUT2D eigenvalue weighted by atomic mass is 9.98. The van der Waals surface area contributed by atoms with Crippen LogP contribution < -0.4 is 9.64 Å². The molecule has 186 valence electrons. The van der Waals surface area contributed by atoms with Crippen LogP contribution in [0.2, 0.25) is 10.0 Å². The van der Waals surface area contributed by atoms with Crippen molar-refractivity contribution in [1.82, 2.24) is 9.97 Å². The molecule has 1 fully saturated rings. The van der Waals surface area contributed by atoms with Gasteiger partial charge in [0, 0.05) is 11.8 Å². The zero-order valence-electron chi connectivity index (χ0n) is 18.8. The first kappa shape index (κ1) is 24.7. The molecule has 3 heterocycles. The molecule has 1 amide bonds. The molecule has 0 radical (unpaired) electrons. The van der Waals surface area contributed by atoms with E-state index >= 15 is 0 Å². The molecule has 2 aromatic heterocycles. The van der Waals surface area contributed by atoms with Gasteiger partial charge in [-0.2, -0.15) is 0 Å². The predicted octanol–water partition coefficient (Wildman–Crippen LogP) is 5.33. The summed E-state index contributed by atoms with van der Waals surface area (Å²) in [6, 6.07) is 10.9. The largest absolute Gasteiger partial charge is 0.507 e. The summed E-state index contributed by atoms with van der Waals surface area (Å²) in [5, 5.41) is 20.9. The number of aromatic nitrogens is 2. The minimum absolute atomic E-state index is 0.0549. The summed E-state index contributed by atoms with van der Waals surface area (Å²) in [5.74, 6) is -3.31. The molecule has 0 spiro atoms. The highest BCUT2D eigenvalue weighted by molar-refractivity contribution is 7.22. The second kappa shape index (κ2) is 9.47. The van der Waals surface area contributed by atoms with Crippen molar-refractivity contribution in [3.05, 3.63) is 87.2 Å². The number of anilines is 1. The number of methoxy groups -OCH3 is 1. The molecular weight excluding hydrogens is 541 g/mol. The standard InChI is InChI=1S/C25H15Cl2N3O6S/c1-36-22-13(26)8-12(9-14(22)27)20(31)18-19(16-4-2-3-7-28-16)30(23(33)21(18)32)25-29-15-6-5-11(24(34)35)10-17(15)37-25/h2-10,19,31H,1H3,(H,34,35)/b20-18+. The second-order valence-corrected chi connectivity index (χ2v) is 9.70. The first-order valence-corrected chi connectivity index (χ1v) is 12.2. The number of aliphatic hydroxyl groups is 1. The summed E-state index contributed by atoms with van der Waals surface area (Å²) in [7, 11) is 1.39. The maximum atomic E-state index is 13.3. The maximum absolute atomic E-state index is 13.3. The van der Waals surface area contributed by atoms with E-state index in [-0.39, 0.29) is 37.6 Å². The van der Waals surface area contributed by atoms with Crippen LogP contribution in [-0.4, -0.2) is 45.0 Å². The van der Waals surface area contributed by atoms with Crippen molar-refractivity contribution in [2.24, 2.45) is 0 Å². The quantitative estimate of drug-likeness (QED) is 0.192. The summed E-state index contributed by atoms with van der Waals surface area (Å²) in [6.07, 6.45) is 1.49. The van der Waals surface area contributed by atoms with E-state index in [0.29, 0.717) is 15.9 Å². The Hall–Kier alpha value is -3.99. The van der Waals surface area contributed by atoms with Crippen molar-refractivity contribution in [3.63, 3.8) is 0 Å². The first-order chi connectivity index (χ1) is 17.7. The molecule has 2 N–H and O–H groups in total. The minimum atomic E-state index is -1.12. The number of thiazole rings is 1. The van der Waals surface area contributed by atoms with Gasteiger partial charge in [0.05, 0.1) is 44.2 Å². The van der Waals surface area contributed by atoms with Gasteiger partial charge >= 0.3 is 11.9 Å². The monoisotopic (exact) mass is 555 g/mol. The van der Waals surface area contributed by atoms with Crippen molar-refractivity contribution >= 4 is 73.3 Å². The molecule has 9 nitrogen and oxygen atoms in total. The van der Waals surface area contributed by atoms with Crippen LogP contribution in [0.1, 0.15) is 27.7 Å². The van der Waals surface area contributed by atoms with Crippen LogP contribution in [0.5, 0.6) is 5.75 Å². The lowest BCUT2D eigenvalue weighted by molar-refractivity contribution is -0.132. The number of ether oxygens (including phenoxy) is 1. The summed E-state index contributed by atoms with van der Waals surface area (Å²) >= 11 is 13.5. The third-order valence-electron chi connectivity index (χ3n) is 5.72. The van der Waals surface area contributed by atoms with Crippen LogP contribution in [0, 0.1) is 0 Å². The van der Waals surface area contributed by atoms with Crippen LogP contribution in [0.3, 0.4) is 0 Å². The number of hydrogen-bond acceptors (Lipinski definition) is 8. The summed E-state index contributed by atoms with van der Waals surface area (Å²) in [4.78, 5) is 48.0. The number of aliphatic hydroxyl groups excluding tert-OH is 1. The van der Waals surface area contributed by atoms with Crippen molar-refractivity contribution in [3.8, 4) is 5.75 Å². The van der Waals surface area contributed by atoms with Gasteiger partial charge < -0.3 is 14.9 Å². The number of aromatic carboxylic acids is 1. The van der Waals surface area contributed by atoms with Crippen LogP contribution in [0.25, 0.3) is 16.0 Å². The molecular formula is C25H15Cl2N3O6S. The Kier molecular flexibility index (Phi) is 6.32. The van der Waals surface area contributed by atoms with Gasteiger partial charge in [-0.1, -0.05) is 40.6 Å². The number of fused-ring (bicyclic) bond motifs is 1. The van der Waals surface area contributed by atoms with E-state index in [2.05, 4.69) is 9.97 Å². The number of benzene rings is 2. The highest BCUT2D eigenvalue weighted by Gasteiger charge is 2.49. The maximum Gasteiger partial charge on any atom is 0.335 e. The Morgan fingerprint density at radius 3 is 2.41 bits per heavy atom. The fourth-order valence-electron chi connectivity index (χ4n) is 4.04. The summed E-state index contributed by atoms with van der Waals surface area (Å²) in [5.41, 5.74) is 0.677. The van der Waals surface area contributed by atoms with Crippen molar-refractivity contribution < 1.29 is 29.3 Å². The van der Waals surface area contributed by atoms with Crippen LogP contribution >= 0.6 is 34.5 Å². The molecule has 2 aromatic carbocycles. The van der Waals surface area contributed by atoms with Crippen molar-refractivity contribution in [2.45, 2.75) is 6.04 Å². The molecule has 5 rings (SSSR count). The number of ketones is 1. The number of hydrogen-bond donors (Lipinski definition) is 2. The summed E-state index contributed by atoms with van der Waals surface area (Å²) in [6.45, 7) is 0. The second-order valence-electron chi connectivity index (χ2n) is 7.88. The van der Waals surface area contributed by atoms with Crippen molar-refractivity contribution in [1.29, 1.82) is 0 Å². The number of halogens is 2. The van der Waals surface area contributed by atoms with Gasteiger partial charge in [-0.25, -0.2) is 9.78 Å². The van der Waals surface area contributed by atoms with Crippen LogP contribution in [-0.2, 0) is 9.59 Å². The van der Waals surface area contributed by atoms with E-state index in [1.165, 1.54) is 43.6 Å². The molecule has 1 unspecified atom stereocenters. The molecule has 0 bridgehead atoms. The lowest BCUT2D eigenvalue weighted by Gasteiger charge is -2.22. The minimum Gasteiger partial charge on any atom is -0.507 e. The average Bonchev–Trinajstić information content (AvgIpc) is 3.41. The van der Waals surface area contributed by atoms with E-state index in [1.54, 1.807) is 18.2 Å². The number of carbonyl (C=O) groups is 3. The topological polar surface area (TPSA) is 130 Å². The molecule has 1 aliphatic heterocycles. The third-order valence-corrected chi connectivity index (χ3v) is 7.30. The number of pyridine rings is 1.